The SMILES string of the molecule is CCC/C(F)=C(\F)c1ccc(Oc2ccc(C)cc2)cc1. The molecule has 0 radical (unpaired) electrons. The number of aryl methyl sites for hydroxylation is 1. The Morgan fingerprint density at radius 3 is 1.95 bits per heavy atom. The van der Waals surface area contributed by atoms with E-state index in [4.69, 9.17) is 4.74 Å². The molecule has 0 atom stereocenters. The van der Waals surface area contributed by atoms with Gasteiger partial charge in [-0.15, -0.1) is 0 Å². The van der Waals surface area contributed by atoms with Crippen LogP contribution in [0.15, 0.2) is 54.4 Å². The number of hydrogen-bond acceptors (Lipinski definition) is 1. The summed E-state index contributed by atoms with van der Waals surface area (Å²) < 4.78 is 32.9. The van der Waals surface area contributed by atoms with Gasteiger partial charge in [0, 0.05) is 12.0 Å². The van der Waals surface area contributed by atoms with Gasteiger partial charge in [-0.1, -0.05) is 24.6 Å². The van der Waals surface area contributed by atoms with Crippen LogP contribution in [-0.4, -0.2) is 0 Å². The number of halogens is 2. The van der Waals surface area contributed by atoms with E-state index < -0.39 is 11.7 Å². The molecule has 0 spiro atoms. The zero-order valence-electron chi connectivity index (χ0n) is 12.2. The highest BCUT2D eigenvalue weighted by Gasteiger charge is 2.08. The van der Waals surface area contributed by atoms with Gasteiger partial charge in [-0.05, 0) is 49.7 Å². The second-order valence-corrected chi connectivity index (χ2v) is 4.91. The summed E-state index contributed by atoms with van der Waals surface area (Å²) in [5, 5.41) is 0. The highest BCUT2D eigenvalue weighted by Crippen LogP contribution is 2.27. The maximum atomic E-state index is 13.8. The molecule has 0 heterocycles. The maximum absolute atomic E-state index is 13.8. The van der Waals surface area contributed by atoms with Crippen LogP contribution in [0.3, 0.4) is 0 Å². The predicted octanol–water partition coefficient (Wildman–Crippen LogP) is 6.20. The van der Waals surface area contributed by atoms with Gasteiger partial charge < -0.3 is 4.74 Å². The fourth-order valence-corrected chi connectivity index (χ4v) is 1.90. The van der Waals surface area contributed by atoms with Crippen LogP contribution in [0.5, 0.6) is 11.5 Å². The van der Waals surface area contributed by atoms with Crippen LogP contribution in [0.25, 0.3) is 5.83 Å². The molecule has 110 valence electrons. The molecule has 2 rings (SSSR count). The monoisotopic (exact) mass is 288 g/mol. The second-order valence-electron chi connectivity index (χ2n) is 4.91. The summed E-state index contributed by atoms with van der Waals surface area (Å²) in [7, 11) is 0. The number of hydrogen-bond donors (Lipinski definition) is 0. The van der Waals surface area contributed by atoms with Crippen molar-refractivity contribution >= 4 is 5.83 Å². The summed E-state index contributed by atoms with van der Waals surface area (Å²) in [6.07, 6.45) is 0.696. The van der Waals surface area contributed by atoms with Gasteiger partial charge in [0.25, 0.3) is 0 Å². The van der Waals surface area contributed by atoms with Gasteiger partial charge in [-0.3, -0.25) is 0 Å². The van der Waals surface area contributed by atoms with E-state index in [0.29, 0.717) is 17.9 Å². The first kappa shape index (κ1) is 15.2. The molecule has 0 saturated heterocycles. The number of benzene rings is 2. The molecule has 21 heavy (non-hydrogen) atoms. The van der Waals surface area contributed by atoms with E-state index in [1.165, 1.54) is 12.1 Å². The molecule has 0 unspecified atom stereocenters. The van der Waals surface area contributed by atoms with Crippen molar-refractivity contribution in [3.05, 3.63) is 65.5 Å². The van der Waals surface area contributed by atoms with Crippen molar-refractivity contribution in [2.24, 2.45) is 0 Å². The zero-order valence-corrected chi connectivity index (χ0v) is 12.2. The lowest BCUT2D eigenvalue weighted by Crippen LogP contribution is -1.87. The van der Waals surface area contributed by atoms with Crippen molar-refractivity contribution in [1.29, 1.82) is 0 Å². The normalized spacial score (nSPS) is 12.0. The third-order valence-electron chi connectivity index (χ3n) is 3.07. The first-order chi connectivity index (χ1) is 10.1. The van der Waals surface area contributed by atoms with Crippen molar-refractivity contribution < 1.29 is 13.5 Å². The second kappa shape index (κ2) is 7.02. The first-order valence-electron chi connectivity index (χ1n) is 6.99. The topological polar surface area (TPSA) is 9.23 Å². The largest absolute Gasteiger partial charge is 0.457 e. The first-order valence-corrected chi connectivity index (χ1v) is 6.99. The van der Waals surface area contributed by atoms with Crippen LogP contribution < -0.4 is 4.74 Å². The van der Waals surface area contributed by atoms with Gasteiger partial charge in [0.2, 0.25) is 0 Å². The molecular weight excluding hydrogens is 270 g/mol. The fourth-order valence-electron chi connectivity index (χ4n) is 1.90. The lowest BCUT2D eigenvalue weighted by atomic mass is 10.1. The van der Waals surface area contributed by atoms with E-state index >= 15 is 0 Å². The smallest absolute Gasteiger partial charge is 0.161 e. The molecule has 2 aromatic carbocycles. The van der Waals surface area contributed by atoms with Crippen LogP contribution >= 0.6 is 0 Å². The molecule has 0 fully saturated rings. The van der Waals surface area contributed by atoms with Crippen LogP contribution in [0.2, 0.25) is 0 Å². The van der Waals surface area contributed by atoms with E-state index in [2.05, 4.69) is 0 Å². The van der Waals surface area contributed by atoms with Crippen molar-refractivity contribution in [3.63, 3.8) is 0 Å². The van der Waals surface area contributed by atoms with Gasteiger partial charge >= 0.3 is 0 Å². The van der Waals surface area contributed by atoms with Gasteiger partial charge in [0.05, 0.1) is 0 Å². The third kappa shape index (κ3) is 4.15. The summed E-state index contributed by atoms with van der Waals surface area (Å²) in [6.45, 7) is 3.81. The Morgan fingerprint density at radius 2 is 1.43 bits per heavy atom. The number of rotatable bonds is 5. The summed E-state index contributed by atoms with van der Waals surface area (Å²) >= 11 is 0. The highest BCUT2D eigenvalue weighted by atomic mass is 19.2. The van der Waals surface area contributed by atoms with E-state index in [0.717, 1.165) is 5.56 Å². The minimum Gasteiger partial charge on any atom is -0.457 e. The molecule has 3 heteroatoms. The van der Waals surface area contributed by atoms with Crippen molar-refractivity contribution in [1.82, 2.24) is 0 Å². The molecule has 2 aromatic rings. The lowest BCUT2D eigenvalue weighted by Gasteiger charge is -2.07. The molecule has 0 bridgehead atoms. The minimum atomic E-state index is -0.793. The molecule has 1 nitrogen and oxygen atoms in total. The maximum Gasteiger partial charge on any atom is 0.161 e. The van der Waals surface area contributed by atoms with Crippen molar-refractivity contribution in [2.75, 3.05) is 0 Å². The van der Waals surface area contributed by atoms with Crippen molar-refractivity contribution in [2.45, 2.75) is 26.7 Å². The van der Waals surface area contributed by atoms with E-state index in [9.17, 15) is 8.78 Å². The minimum absolute atomic E-state index is 0.119. The van der Waals surface area contributed by atoms with Gasteiger partial charge in [0.15, 0.2) is 5.83 Å². The Bertz CT molecular complexity index is 613. The molecule has 0 aliphatic rings. The van der Waals surface area contributed by atoms with Crippen LogP contribution in [0.4, 0.5) is 8.78 Å². The van der Waals surface area contributed by atoms with Gasteiger partial charge in [-0.2, -0.15) is 0 Å². The summed E-state index contributed by atoms with van der Waals surface area (Å²) in [4.78, 5) is 0. The van der Waals surface area contributed by atoms with Gasteiger partial charge in [0.1, 0.15) is 17.3 Å². The van der Waals surface area contributed by atoms with Crippen LogP contribution in [0.1, 0.15) is 30.9 Å². The van der Waals surface area contributed by atoms with Crippen molar-refractivity contribution in [3.8, 4) is 11.5 Å². The summed E-state index contributed by atoms with van der Waals surface area (Å²) in [5.74, 6) is -0.198. The van der Waals surface area contributed by atoms with E-state index in [1.807, 2.05) is 38.1 Å². The molecule has 0 saturated carbocycles. The Labute approximate surface area is 123 Å². The molecule has 0 amide bonds. The Kier molecular flexibility index (Phi) is 5.09. The lowest BCUT2D eigenvalue weighted by molar-refractivity contribution is 0.482. The Hall–Kier alpha value is -2.16. The van der Waals surface area contributed by atoms with Crippen LogP contribution in [-0.2, 0) is 0 Å². The van der Waals surface area contributed by atoms with Gasteiger partial charge in [-0.25, -0.2) is 8.78 Å². The average molecular weight is 288 g/mol. The summed E-state index contributed by atoms with van der Waals surface area (Å²) in [5.41, 5.74) is 1.38. The van der Waals surface area contributed by atoms with E-state index in [1.54, 1.807) is 12.1 Å². The Balaban J connectivity index is 2.12. The zero-order chi connectivity index (χ0) is 15.2. The third-order valence-corrected chi connectivity index (χ3v) is 3.07. The standard InChI is InChI=1S/C18H18F2O/c1-3-4-17(19)18(20)14-7-11-16(12-8-14)21-15-9-5-13(2)6-10-15/h5-12H,3-4H2,1-2H3/b18-17+. The molecule has 0 aliphatic carbocycles. The molecule has 0 aliphatic heterocycles. The number of ether oxygens (including phenoxy) is 1. The molecule has 0 aromatic heterocycles. The molecular formula is C18H18F2O. The summed E-state index contributed by atoms with van der Waals surface area (Å²) in [6, 6.07) is 13.9. The Morgan fingerprint density at radius 1 is 0.905 bits per heavy atom. The number of allylic oxidation sites excluding steroid dienone is 1. The molecule has 0 N–H and O–H groups in total. The quantitative estimate of drug-likeness (QED) is 0.637. The highest BCUT2D eigenvalue weighted by molar-refractivity contribution is 5.61. The van der Waals surface area contributed by atoms with E-state index in [-0.39, 0.29) is 12.0 Å². The fraction of sp³-hybridized carbons (Fsp3) is 0.222. The average Bonchev–Trinajstić information content (AvgIpc) is 2.50. The predicted molar refractivity (Wildman–Crippen MR) is 81.7 cm³/mol. The van der Waals surface area contributed by atoms with Crippen LogP contribution in [0, 0.1) is 6.92 Å².